The number of anilines is 1. The zero-order valence-corrected chi connectivity index (χ0v) is 24.6. The predicted octanol–water partition coefficient (Wildman–Crippen LogP) is 4.52. The van der Waals surface area contributed by atoms with Crippen LogP contribution in [-0.2, 0) is 13.6 Å². The van der Waals surface area contributed by atoms with E-state index in [1.807, 2.05) is 28.8 Å². The second-order valence-corrected chi connectivity index (χ2v) is 11.4. The first-order chi connectivity index (χ1) is 20.8. The highest BCUT2D eigenvalue weighted by molar-refractivity contribution is 6.30. The summed E-state index contributed by atoms with van der Waals surface area (Å²) in [7, 11) is 1.77. The number of nitrogens with one attached hydrogen (secondary N) is 2. The first-order valence-corrected chi connectivity index (χ1v) is 14.6. The number of amides is 2. The minimum atomic E-state index is -0.383. The number of carbonyl (C=O) groups is 2. The van der Waals surface area contributed by atoms with Crippen LogP contribution >= 0.6 is 11.6 Å². The topological polar surface area (TPSA) is 129 Å². The van der Waals surface area contributed by atoms with Crippen LogP contribution in [-0.4, -0.2) is 46.7 Å². The molecule has 1 aliphatic carbocycles. The Morgan fingerprint density at radius 2 is 1.74 bits per heavy atom. The number of hydrogen-bond donors (Lipinski definition) is 2. The average Bonchev–Trinajstić information content (AvgIpc) is 3.54. The summed E-state index contributed by atoms with van der Waals surface area (Å²) in [6.45, 7) is 2.36. The molecule has 12 heteroatoms. The lowest BCUT2D eigenvalue weighted by Crippen LogP contribution is -2.39. The van der Waals surface area contributed by atoms with Crippen LogP contribution in [0.3, 0.4) is 0 Å². The number of nitrogens with zero attached hydrogens (tertiary/aromatic N) is 6. The van der Waals surface area contributed by atoms with Gasteiger partial charge >= 0.3 is 5.69 Å². The van der Waals surface area contributed by atoms with Gasteiger partial charge in [-0.1, -0.05) is 23.7 Å². The van der Waals surface area contributed by atoms with Crippen molar-refractivity contribution in [1.82, 2.24) is 34.2 Å². The molecule has 0 unspecified atom stereocenters. The van der Waals surface area contributed by atoms with Crippen molar-refractivity contribution >= 4 is 40.3 Å². The maximum absolute atomic E-state index is 13.8. The van der Waals surface area contributed by atoms with Gasteiger partial charge in [0.25, 0.3) is 11.8 Å². The number of fused-ring (bicyclic) bond motifs is 1. The van der Waals surface area contributed by atoms with Gasteiger partial charge in [-0.15, -0.1) is 0 Å². The number of rotatable bonds is 7. The van der Waals surface area contributed by atoms with E-state index in [-0.39, 0.29) is 35.2 Å². The Bertz CT molecular complexity index is 1870. The van der Waals surface area contributed by atoms with Crippen molar-refractivity contribution in [3.05, 3.63) is 99.6 Å². The third-order valence-electron chi connectivity index (χ3n) is 7.95. The largest absolute Gasteiger partial charge is 0.349 e. The van der Waals surface area contributed by atoms with Crippen LogP contribution in [0.1, 0.15) is 52.2 Å². The Morgan fingerprint density at radius 3 is 2.44 bits per heavy atom. The molecule has 1 aromatic carbocycles. The minimum Gasteiger partial charge on any atom is -0.349 e. The molecule has 0 spiro atoms. The van der Waals surface area contributed by atoms with Gasteiger partial charge < -0.3 is 10.6 Å². The molecule has 0 saturated heterocycles. The van der Waals surface area contributed by atoms with Crippen LogP contribution in [0.2, 0.25) is 5.02 Å². The summed E-state index contributed by atoms with van der Waals surface area (Å²) in [5.41, 5.74) is 3.38. The number of carbonyl (C=O) groups excluding carboxylic acids is 2. The fourth-order valence-electron chi connectivity index (χ4n) is 5.70. The molecule has 0 radical (unpaired) electrons. The number of aromatic nitrogens is 6. The quantitative estimate of drug-likeness (QED) is 0.283. The molecule has 0 atom stereocenters. The van der Waals surface area contributed by atoms with Gasteiger partial charge in [0.1, 0.15) is 5.69 Å². The van der Waals surface area contributed by atoms with E-state index in [1.165, 1.54) is 12.4 Å². The number of benzene rings is 1. The first kappa shape index (κ1) is 28.4. The molecule has 1 saturated carbocycles. The number of hydrogen-bond acceptors (Lipinski definition) is 6. The van der Waals surface area contributed by atoms with Gasteiger partial charge in [0.2, 0.25) is 0 Å². The number of pyridine rings is 2. The number of para-hydroxylation sites is 2. The Balaban J connectivity index is 1.15. The maximum atomic E-state index is 13.8. The summed E-state index contributed by atoms with van der Waals surface area (Å²) < 4.78 is 5.05. The summed E-state index contributed by atoms with van der Waals surface area (Å²) in [5.74, 6) is 0.174. The number of halogens is 1. The van der Waals surface area contributed by atoms with Crippen LogP contribution in [0.25, 0.3) is 16.7 Å². The molecule has 6 rings (SSSR count). The average molecular weight is 599 g/mol. The van der Waals surface area contributed by atoms with Crippen molar-refractivity contribution < 1.29 is 9.59 Å². The molecule has 2 N–H and O–H groups in total. The Kier molecular flexibility index (Phi) is 7.81. The van der Waals surface area contributed by atoms with E-state index in [4.69, 9.17) is 11.6 Å². The standard InChI is InChI=1S/C31H31ClN8O3/c1-19-24(15-21(32)16-33-19)29(41)35-22-9-7-20(8-10-22)18-39-26-5-3-4-6-27(26)40(31(39)43)23-11-12-25(34-17-23)30(42)36-28-13-14-38(2)37-28/h3-6,11-17,20,22H,7-10,18H2,1-2H3,(H,35,41)(H,36,37,42)/t20-,22-. The fraction of sp³-hybridized carbons (Fsp3) is 0.290. The molecular weight excluding hydrogens is 568 g/mol. The summed E-state index contributed by atoms with van der Waals surface area (Å²) in [4.78, 5) is 47.8. The SMILES string of the molecule is Cc1ncc(Cl)cc1C(=O)N[C@H]1CC[C@H](Cn2c(=O)n(-c3ccc(C(=O)Nc4ccn(C)n4)nc3)c3ccccc32)CC1. The van der Waals surface area contributed by atoms with Crippen LogP contribution in [0.15, 0.2) is 71.9 Å². The van der Waals surface area contributed by atoms with Gasteiger partial charge in [-0.05, 0) is 68.9 Å². The van der Waals surface area contributed by atoms with Crippen molar-refractivity contribution in [3.63, 3.8) is 0 Å². The first-order valence-electron chi connectivity index (χ1n) is 14.2. The lowest BCUT2D eigenvalue weighted by atomic mass is 9.85. The zero-order chi connectivity index (χ0) is 30.1. The molecule has 220 valence electrons. The predicted molar refractivity (Wildman–Crippen MR) is 164 cm³/mol. The Labute approximate surface area is 252 Å². The van der Waals surface area contributed by atoms with Crippen LogP contribution < -0.4 is 16.3 Å². The molecular formula is C31H31ClN8O3. The third-order valence-corrected chi connectivity index (χ3v) is 8.16. The van der Waals surface area contributed by atoms with E-state index in [0.717, 1.165) is 36.7 Å². The molecule has 11 nitrogen and oxygen atoms in total. The van der Waals surface area contributed by atoms with E-state index in [9.17, 15) is 14.4 Å². The minimum absolute atomic E-state index is 0.0552. The molecule has 5 aromatic rings. The smallest absolute Gasteiger partial charge is 0.333 e. The summed E-state index contributed by atoms with van der Waals surface area (Å²) in [5, 5.41) is 10.4. The Hall–Kier alpha value is -4.77. The molecule has 0 bridgehead atoms. The van der Waals surface area contributed by atoms with Gasteiger partial charge in [-0.25, -0.2) is 9.78 Å². The lowest BCUT2D eigenvalue weighted by Gasteiger charge is -2.29. The van der Waals surface area contributed by atoms with Gasteiger partial charge in [-0.2, -0.15) is 5.10 Å². The van der Waals surface area contributed by atoms with Crippen molar-refractivity contribution in [1.29, 1.82) is 0 Å². The molecule has 43 heavy (non-hydrogen) atoms. The maximum Gasteiger partial charge on any atom is 0.333 e. The summed E-state index contributed by atoms with van der Waals surface area (Å²) in [6.07, 6.45) is 8.21. The second kappa shape index (κ2) is 11.8. The van der Waals surface area contributed by atoms with Gasteiger partial charge in [0.05, 0.1) is 39.2 Å². The van der Waals surface area contributed by atoms with Crippen LogP contribution in [0, 0.1) is 12.8 Å². The number of imidazole rings is 1. The normalized spacial score (nSPS) is 16.7. The molecule has 4 heterocycles. The van der Waals surface area contributed by atoms with E-state index >= 15 is 0 Å². The highest BCUT2D eigenvalue weighted by Crippen LogP contribution is 2.28. The van der Waals surface area contributed by atoms with E-state index in [2.05, 4.69) is 25.7 Å². The third kappa shape index (κ3) is 5.94. The fourth-order valence-corrected chi connectivity index (χ4v) is 5.86. The highest BCUT2D eigenvalue weighted by atomic mass is 35.5. The van der Waals surface area contributed by atoms with Crippen molar-refractivity contribution in [2.75, 3.05) is 5.32 Å². The molecule has 1 aliphatic rings. The van der Waals surface area contributed by atoms with Crippen LogP contribution in [0.5, 0.6) is 0 Å². The monoisotopic (exact) mass is 598 g/mol. The van der Waals surface area contributed by atoms with E-state index in [1.54, 1.807) is 53.7 Å². The summed E-state index contributed by atoms with van der Waals surface area (Å²) >= 11 is 6.05. The molecule has 1 fully saturated rings. The van der Waals surface area contributed by atoms with Crippen molar-refractivity contribution in [3.8, 4) is 5.69 Å². The zero-order valence-electron chi connectivity index (χ0n) is 23.8. The van der Waals surface area contributed by atoms with E-state index in [0.29, 0.717) is 34.3 Å². The lowest BCUT2D eigenvalue weighted by molar-refractivity contribution is 0.0918. The highest BCUT2D eigenvalue weighted by Gasteiger charge is 2.26. The number of aryl methyl sites for hydroxylation is 2. The molecule has 4 aromatic heterocycles. The van der Waals surface area contributed by atoms with Gasteiger partial charge in [0, 0.05) is 38.1 Å². The molecule has 2 amide bonds. The van der Waals surface area contributed by atoms with E-state index < -0.39 is 0 Å². The van der Waals surface area contributed by atoms with Gasteiger partial charge in [-0.3, -0.25) is 28.4 Å². The second-order valence-electron chi connectivity index (χ2n) is 10.9. The molecule has 0 aliphatic heterocycles. The van der Waals surface area contributed by atoms with Crippen molar-refractivity contribution in [2.24, 2.45) is 13.0 Å². The summed E-state index contributed by atoms with van der Waals surface area (Å²) in [6, 6.07) is 14.4. The Morgan fingerprint density at radius 1 is 0.977 bits per heavy atom. The van der Waals surface area contributed by atoms with Crippen molar-refractivity contribution in [2.45, 2.75) is 45.2 Å². The van der Waals surface area contributed by atoms with Crippen LogP contribution in [0.4, 0.5) is 5.82 Å². The van der Waals surface area contributed by atoms with Gasteiger partial charge in [0.15, 0.2) is 5.82 Å².